The van der Waals surface area contributed by atoms with Crippen LogP contribution in [0.25, 0.3) is 0 Å². The van der Waals surface area contributed by atoms with E-state index in [0.717, 1.165) is 4.47 Å². The number of rotatable bonds is 3. The maximum absolute atomic E-state index is 11.0. The van der Waals surface area contributed by atoms with Crippen LogP contribution in [0.1, 0.15) is 10.4 Å². The molecule has 0 unspecified atom stereocenters. The van der Waals surface area contributed by atoms with Gasteiger partial charge in [-0.25, -0.2) is 4.79 Å². The molecule has 0 radical (unpaired) electrons. The van der Waals surface area contributed by atoms with Gasteiger partial charge in [0.2, 0.25) is 0 Å². The molecule has 0 heterocycles. The highest BCUT2D eigenvalue weighted by Crippen LogP contribution is 2.32. The molecule has 0 bridgehead atoms. The van der Waals surface area contributed by atoms with Gasteiger partial charge in [-0.2, -0.15) is 0 Å². The van der Waals surface area contributed by atoms with Crippen LogP contribution in [0.3, 0.4) is 0 Å². The molecule has 0 fully saturated rings. The van der Waals surface area contributed by atoms with E-state index in [1.165, 1.54) is 12.1 Å². The highest BCUT2D eigenvalue weighted by molar-refractivity contribution is 9.10. The van der Waals surface area contributed by atoms with Gasteiger partial charge in [0, 0.05) is 10.2 Å². The van der Waals surface area contributed by atoms with Gasteiger partial charge in [0.1, 0.15) is 11.5 Å². The van der Waals surface area contributed by atoms with Crippen LogP contribution in [0.5, 0.6) is 11.5 Å². The van der Waals surface area contributed by atoms with Crippen molar-refractivity contribution in [2.24, 2.45) is 0 Å². The van der Waals surface area contributed by atoms with Gasteiger partial charge in [-0.15, -0.1) is 0 Å². The zero-order chi connectivity index (χ0) is 14.0. The predicted molar refractivity (Wildman–Crippen MR) is 77.0 cm³/mol. The van der Waals surface area contributed by atoms with E-state index in [0.29, 0.717) is 16.5 Å². The Morgan fingerprint density at radius 2 is 2.00 bits per heavy atom. The summed E-state index contributed by atoms with van der Waals surface area (Å²) in [7, 11) is 0. The van der Waals surface area contributed by atoms with Crippen molar-refractivity contribution in [2.75, 3.05) is 5.73 Å². The summed E-state index contributed by atoms with van der Waals surface area (Å²) in [4.78, 5) is 11.0. The Labute approximate surface area is 122 Å². The number of nitrogens with two attached hydrogens (primary N) is 1. The van der Waals surface area contributed by atoms with Crippen molar-refractivity contribution < 1.29 is 14.6 Å². The lowest BCUT2D eigenvalue weighted by molar-refractivity contribution is 0.0697. The van der Waals surface area contributed by atoms with Crippen molar-refractivity contribution in [2.45, 2.75) is 0 Å². The number of halogens is 2. The van der Waals surface area contributed by atoms with E-state index >= 15 is 0 Å². The summed E-state index contributed by atoms with van der Waals surface area (Å²) in [5.74, 6) is -0.313. The number of anilines is 1. The monoisotopic (exact) mass is 341 g/mol. The first-order chi connectivity index (χ1) is 8.97. The predicted octanol–water partition coefficient (Wildman–Crippen LogP) is 4.18. The second-order valence-electron chi connectivity index (χ2n) is 3.73. The van der Waals surface area contributed by atoms with Gasteiger partial charge in [-0.1, -0.05) is 27.5 Å². The van der Waals surface area contributed by atoms with Gasteiger partial charge in [0.15, 0.2) is 0 Å². The first-order valence-corrected chi connectivity index (χ1v) is 6.40. The summed E-state index contributed by atoms with van der Waals surface area (Å²) in [6.45, 7) is 0. The standard InChI is InChI=1S/C13H9BrClNO3/c14-7-1-4-12(10(15)5-7)19-8-2-3-11(16)9(6-8)13(17)18/h1-6H,16H2,(H,17,18). The highest BCUT2D eigenvalue weighted by atomic mass is 79.9. The Hall–Kier alpha value is -1.72. The van der Waals surface area contributed by atoms with E-state index in [1.54, 1.807) is 24.3 Å². The van der Waals surface area contributed by atoms with E-state index in [2.05, 4.69) is 15.9 Å². The molecule has 6 heteroatoms. The van der Waals surface area contributed by atoms with Crippen molar-refractivity contribution in [1.29, 1.82) is 0 Å². The second kappa shape index (κ2) is 5.50. The highest BCUT2D eigenvalue weighted by Gasteiger charge is 2.10. The summed E-state index contributed by atoms with van der Waals surface area (Å²) < 4.78 is 6.37. The average molecular weight is 343 g/mol. The van der Waals surface area contributed by atoms with Gasteiger partial charge in [-0.3, -0.25) is 0 Å². The number of aromatic carboxylic acids is 1. The van der Waals surface area contributed by atoms with Crippen LogP contribution in [-0.2, 0) is 0 Å². The minimum Gasteiger partial charge on any atom is -0.478 e. The van der Waals surface area contributed by atoms with E-state index in [9.17, 15) is 4.79 Å². The number of ether oxygens (including phenoxy) is 1. The number of carboxylic acid groups (broad SMARTS) is 1. The zero-order valence-corrected chi connectivity index (χ0v) is 11.9. The van der Waals surface area contributed by atoms with Gasteiger partial charge in [0.25, 0.3) is 0 Å². The molecule has 2 rings (SSSR count). The molecule has 2 aromatic rings. The van der Waals surface area contributed by atoms with E-state index in [-0.39, 0.29) is 11.3 Å². The summed E-state index contributed by atoms with van der Waals surface area (Å²) in [5.41, 5.74) is 5.74. The van der Waals surface area contributed by atoms with Crippen LogP contribution in [0.2, 0.25) is 5.02 Å². The smallest absolute Gasteiger partial charge is 0.337 e. The minimum absolute atomic E-state index is 0.00858. The van der Waals surface area contributed by atoms with Crippen LogP contribution in [0.15, 0.2) is 40.9 Å². The third kappa shape index (κ3) is 3.19. The fourth-order valence-electron chi connectivity index (χ4n) is 1.47. The number of hydrogen-bond acceptors (Lipinski definition) is 3. The van der Waals surface area contributed by atoms with E-state index in [4.69, 9.17) is 27.2 Å². The summed E-state index contributed by atoms with van der Waals surface area (Å²) in [6, 6.07) is 9.56. The Kier molecular flexibility index (Phi) is 3.97. The number of carbonyl (C=O) groups is 1. The van der Waals surface area contributed by atoms with Crippen LogP contribution >= 0.6 is 27.5 Å². The molecule has 0 aliphatic carbocycles. The Bertz CT molecular complexity index is 646. The molecule has 4 nitrogen and oxygen atoms in total. The van der Waals surface area contributed by atoms with Crippen LogP contribution in [0.4, 0.5) is 5.69 Å². The lowest BCUT2D eigenvalue weighted by Gasteiger charge is -2.09. The number of nitrogen functional groups attached to an aromatic ring is 1. The molecular weight excluding hydrogens is 334 g/mol. The molecule has 0 aliphatic heterocycles. The van der Waals surface area contributed by atoms with Gasteiger partial charge in [0.05, 0.1) is 10.6 Å². The first kappa shape index (κ1) is 13.7. The van der Waals surface area contributed by atoms with E-state index in [1.807, 2.05) is 0 Å². The second-order valence-corrected chi connectivity index (χ2v) is 5.05. The number of hydrogen-bond donors (Lipinski definition) is 2. The SMILES string of the molecule is Nc1ccc(Oc2ccc(Br)cc2Cl)cc1C(=O)O. The largest absolute Gasteiger partial charge is 0.478 e. The number of carboxylic acids is 1. The summed E-state index contributed by atoms with van der Waals surface area (Å²) in [5, 5.41) is 9.40. The Balaban J connectivity index is 2.33. The molecule has 0 amide bonds. The van der Waals surface area contributed by atoms with Crippen molar-refractivity contribution in [3.8, 4) is 11.5 Å². The fourth-order valence-corrected chi connectivity index (χ4v) is 2.18. The maximum Gasteiger partial charge on any atom is 0.337 e. The first-order valence-electron chi connectivity index (χ1n) is 5.23. The average Bonchev–Trinajstić information content (AvgIpc) is 2.34. The van der Waals surface area contributed by atoms with E-state index < -0.39 is 5.97 Å². The minimum atomic E-state index is -1.11. The molecule has 0 atom stereocenters. The lowest BCUT2D eigenvalue weighted by atomic mass is 10.2. The van der Waals surface area contributed by atoms with Crippen LogP contribution in [0, 0.1) is 0 Å². The van der Waals surface area contributed by atoms with Crippen molar-refractivity contribution in [3.05, 3.63) is 51.5 Å². The van der Waals surface area contributed by atoms with Crippen LogP contribution < -0.4 is 10.5 Å². The number of benzene rings is 2. The molecule has 0 aromatic heterocycles. The molecule has 0 spiro atoms. The molecular formula is C13H9BrClNO3. The fraction of sp³-hybridized carbons (Fsp3) is 0. The molecule has 2 aromatic carbocycles. The van der Waals surface area contributed by atoms with Gasteiger partial charge < -0.3 is 15.6 Å². The Morgan fingerprint density at radius 1 is 1.26 bits per heavy atom. The Morgan fingerprint density at radius 3 is 2.63 bits per heavy atom. The van der Waals surface area contributed by atoms with Gasteiger partial charge in [-0.05, 0) is 36.4 Å². The lowest BCUT2D eigenvalue weighted by Crippen LogP contribution is -2.02. The maximum atomic E-state index is 11.0. The summed E-state index contributed by atoms with van der Waals surface area (Å²) in [6.07, 6.45) is 0. The normalized spacial score (nSPS) is 10.2. The summed E-state index contributed by atoms with van der Waals surface area (Å²) >= 11 is 9.30. The third-order valence-electron chi connectivity index (χ3n) is 2.38. The quantitative estimate of drug-likeness (QED) is 0.821. The van der Waals surface area contributed by atoms with Crippen molar-refractivity contribution in [1.82, 2.24) is 0 Å². The van der Waals surface area contributed by atoms with Gasteiger partial charge >= 0.3 is 5.97 Å². The van der Waals surface area contributed by atoms with Crippen LogP contribution in [-0.4, -0.2) is 11.1 Å². The van der Waals surface area contributed by atoms with Crippen molar-refractivity contribution in [3.63, 3.8) is 0 Å². The van der Waals surface area contributed by atoms with Crippen molar-refractivity contribution >= 4 is 39.2 Å². The zero-order valence-electron chi connectivity index (χ0n) is 9.56. The molecule has 98 valence electrons. The topological polar surface area (TPSA) is 72.5 Å². The molecule has 0 saturated carbocycles. The molecule has 0 saturated heterocycles. The molecule has 3 N–H and O–H groups in total. The third-order valence-corrected chi connectivity index (χ3v) is 3.17. The molecule has 19 heavy (non-hydrogen) atoms. The molecule has 0 aliphatic rings.